The minimum atomic E-state index is -1.02. The van der Waals surface area contributed by atoms with Gasteiger partial charge in [-0.15, -0.1) is 22.7 Å². The smallest absolute Gasteiger partial charge is 0.306 e. The van der Waals surface area contributed by atoms with Gasteiger partial charge in [-0.1, -0.05) is 0 Å². The van der Waals surface area contributed by atoms with Gasteiger partial charge in [-0.2, -0.15) is 0 Å². The van der Waals surface area contributed by atoms with E-state index in [0.717, 1.165) is 20.9 Å². The third-order valence-electron chi connectivity index (χ3n) is 2.57. The minimum Gasteiger partial charge on any atom is -0.481 e. The van der Waals surface area contributed by atoms with Crippen molar-refractivity contribution in [2.24, 2.45) is 0 Å². The van der Waals surface area contributed by atoms with Crippen LogP contribution in [0.1, 0.15) is 27.4 Å². The van der Waals surface area contributed by atoms with Crippen LogP contribution < -0.4 is 0 Å². The molecule has 0 spiro atoms. The molecule has 0 bridgehead atoms. The number of aliphatic carboxylic acids is 1. The average molecular weight is 324 g/mol. The molecule has 0 saturated heterocycles. The fourth-order valence-electron chi connectivity index (χ4n) is 1.57. The van der Waals surface area contributed by atoms with Crippen LogP contribution in [0.4, 0.5) is 0 Å². The maximum atomic E-state index is 11.3. The molecule has 7 heteroatoms. The highest BCUT2D eigenvalue weighted by molar-refractivity contribution is 7.22. The van der Waals surface area contributed by atoms with E-state index < -0.39 is 11.9 Å². The van der Waals surface area contributed by atoms with Gasteiger partial charge in [-0.25, -0.2) is 0 Å². The molecule has 0 aliphatic rings. The Kier molecular flexibility index (Phi) is 5.24. The van der Waals surface area contributed by atoms with Crippen LogP contribution in [0.2, 0.25) is 0 Å². The van der Waals surface area contributed by atoms with Gasteiger partial charge in [0.05, 0.1) is 17.7 Å². The predicted molar refractivity (Wildman–Crippen MR) is 79.7 cm³/mol. The van der Waals surface area contributed by atoms with Gasteiger partial charge in [0.25, 0.3) is 0 Å². The van der Waals surface area contributed by atoms with Crippen molar-refractivity contribution in [1.29, 1.82) is 0 Å². The second kappa shape index (κ2) is 7.14. The minimum absolute atomic E-state index is 0.124. The molecule has 2 aromatic heterocycles. The third-order valence-corrected chi connectivity index (χ3v) is 4.83. The summed E-state index contributed by atoms with van der Waals surface area (Å²) in [6.07, 6.45) is 0.465. The van der Waals surface area contributed by atoms with Crippen molar-refractivity contribution < 1.29 is 24.2 Å². The Hall–Kier alpha value is -1.99. The number of esters is 1. The Labute approximate surface area is 128 Å². The molecule has 0 unspecified atom stereocenters. The zero-order valence-corrected chi connectivity index (χ0v) is 12.5. The Balaban J connectivity index is 1.89. The molecule has 0 saturated carbocycles. The second-order valence-corrected chi connectivity index (χ2v) is 6.42. The summed E-state index contributed by atoms with van der Waals surface area (Å²) in [5, 5.41) is 8.47. The molecule has 2 rings (SSSR count). The molecule has 0 aliphatic heterocycles. The SMILES string of the molecule is O=Cc1ccc(-c2ccc(COC(=O)CCC(=O)O)s2)s1. The van der Waals surface area contributed by atoms with Gasteiger partial charge in [0.2, 0.25) is 0 Å². The molecule has 0 fully saturated rings. The monoisotopic (exact) mass is 324 g/mol. The van der Waals surface area contributed by atoms with Crippen molar-refractivity contribution in [2.45, 2.75) is 19.4 Å². The van der Waals surface area contributed by atoms with Gasteiger partial charge in [0.1, 0.15) is 6.61 Å². The van der Waals surface area contributed by atoms with E-state index in [1.807, 2.05) is 18.2 Å². The normalized spacial score (nSPS) is 10.3. The van der Waals surface area contributed by atoms with Crippen LogP contribution in [0.5, 0.6) is 0 Å². The lowest BCUT2D eigenvalue weighted by Gasteiger charge is -2.01. The van der Waals surface area contributed by atoms with E-state index >= 15 is 0 Å². The van der Waals surface area contributed by atoms with Crippen molar-refractivity contribution >= 4 is 40.9 Å². The van der Waals surface area contributed by atoms with Crippen LogP contribution in [-0.4, -0.2) is 23.3 Å². The number of thiophene rings is 2. The summed E-state index contributed by atoms with van der Waals surface area (Å²) in [5.41, 5.74) is 0. The molecule has 0 aromatic carbocycles. The van der Waals surface area contributed by atoms with Crippen molar-refractivity contribution in [1.82, 2.24) is 0 Å². The van der Waals surface area contributed by atoms with Gasteiger partial charge in [-0.3, -0.25) is 14.4 Å². The summed E-state index contributed by atoms with van der Waals surface area (Å²) < 4.78 is 5.01. The fraction of sp³-hybridized carbons (Fsp3) is 0.214. The molecular weight excluding hydrogens is 312 g/mol. The molecule has 2 aromatic rings. The van der Waals surface area contributed by atoms with Crippen LogP contribution in [0.15, 0.2) is 24.3 Å². The maximum absolute atomic E-state index is 11.3. The molecular formula is C14H12O5S2. The van der Waals surface area contributed by atoms with Crippen molar-refractivity contribution in [3.8, 4) is 9.75 Å². The van der Waals surface area contributed by atoms with Gasteiger partial charge in [-0.05, 0) is 24.3 Å². The van der Waals surface area contributed by atoms with E-state index in [2.05, 4.69) is 0 Å². The molecule has 21 heavy (non-hydrogen) atoms. The van der Waals surface area contributed by atoms with Gasteiger partial charge < -0.3 is 9.84 Å². The van der Waals surface area contributed by atoms with E-state index in [1.54, 1.807) is 6.07 Å². The number of rotatable bonds is 7. The first-order valence-corrected chi connectivity index (χ1v) is 7.73. The van der Waals surface area contributed by atoms with Crippen molar-refractivity contribution in [2.75, 3.05) is 0 Å². The van der Waals surface area contributed by atoms with Crippen LogP contribution in [0, 0.1) is 0 Å². The maximum Gasteiger partial charge on any atom is 0.306 e. The Morgan fingerprint density at radius 1 is 1.10 bits per heavy atom. The highest BCUT2D eigenvalue weighted by atomic mass is 32.1. The van der Waals surface area contributed by atoms with E-state index in [-0.39, 0.29) is 19.4 Å². The number of carbonyl (C=O) groups excluding carboxylic acids is 2. The summed E-state index contributed by atoms with van der Waals surface area (Å²) in [6, 6.07) is 7.40. The van der Waals surface area contributed by atoms with Crippen LogP contribution >= 0.6 is 22.7 Å². The molecule has 1 N–H and O–H groups in total. The summed E-state index contributed by atoms with van der Waals surface area (Å²) in [5.74, 6) is -1.54. The number of hydrogen-bond donors (Lipinski definition) is 1. The first-order chi connectivity index (χ1) is 10.1. The first-order valence-electron chi connectivity index (χ1n) is 6.10. The van der Waals surface area contributed by atoms with E-state index in [4.69, 9.17) is 9.84 Å². The Morgan fingerprint density at radius 3 is 2.48 bits per heavy atom. The largest absolute Gasteiger partial charge is 0.481 e. The van der Waals surface area contributed by atoms with Gasteiger partial charge in [0, 0.05) is 14.6 Å². The van der Waals surface area contributed by atoms with Gasteiger partial charge >= 0.3 is 11.9 Å². The zero-order valence-electron chi connectivity index (χ0n) is 10.9. The molecule has 0 aliphatic carbocycles. The lowest BCUT2D eigenvalue weighted by molar-refractivity contribution is -0.148. The lowest BCUT2D eigenvalue weighted by Crippen LogP contribution is -2.06. The summed E-state index contributed by atoms with van der Waals surface area (Å²) >= 11 is 2.88. The van der Waals surface area contributed by atoms with Crippen molar-refractivity contribution in [3.05, 3.63) is 34.0 Å². The van der Waals surface area contributed by atoms with Crippen molar-refractivity contribution in [3.63, 3.8) is 0 Å². The number of carbonyl (C=O) groups is 3. The Bertz CT molecular complexity index is 656. The molecule has 110 valence electrons. The fourth-order valence-corrected chi connectivity index (χ4v) is 3.40. The van der Waals surface area contributed by atoms with Crippen LogP contribution in [0.25, 0.3) is 9.75 Å². The van der Waals surface area contributed by atoms with E-state index in [1.165, 1.54) is 22.7 Å². The zero-order chi connectivity index (χ0) is 15.2. The summed E-state index contributed by atoms with van der Waals surface area (Å²) in [4.78, 5) is 35.8. The highest BCUT2D eigenvalue weighted by Gasteiger charge is 2.09. The second-order valence-electron chi connectivity index (χ2n) is 4.14. The topological polar surface area (TPSA) is 80.7 Å². The molecule has 5 nitrogen and oxygen atoms in total. The highest BCUT2D eigenvalue weighted by Crippen LogP contribution is 2.33. The standard InChI is InChI=1S/C14H12O5S2/c15-7-9-1-3-11(20-9)12-4-2-10(21-12)8-19-14(18)6-5-13(16)17/h1-4,7H,5-6,8H2,(H,16,17). The number of hydrogen-bond acceptors (Lipinski definition) is 6. The summed E-state index contributed by atoms with van der Waals surface area (Å²) in [6.45, 7) is 0.134. The molecule has 0 amide bonds. The van der Waals surface area contributed by atoms with Crippen LogP contribution in [-0.2, 0) is 20.9 Å². The quantitative estimate of drug-likeness (QED) is 0.625. The average Bonchev–Trinajstić information content (AvgIpc) is 3.11. The first kappa shape index (κ1) is 15.4. The number of aldehydes is 1. The third kappa shape index (κ3) is 4.51. The molecule has 0 atom stereocenters. The summed E-state index contributed by atoms with van der Waals surface area (Å²) in [7, 11) is 0. The van der Waals surface area contributed by atoms with Crippen LogP contribution in [0.3, 0.4) is 0 Å². The number of ether oxygens (including phenoxy) is 1. The number of carboxylic acids is 1. The van der Waals surface area contributed by atoms with E-state index in [9.17, 15) is 14.4 Å². The van der Waals surface area contributed by atoms with Gasteiger partial charge in [0.15, 0.2) is 6.29 Å². The Morgan fingerprint density at radius 2 is 1.81 bits per heavy atom. The lowest BCUT2D eigenvalue weighted by atomic mass is 10.3. The molecule has 0 radical (unpaired) electrons. The molecule has 2 heterocycles. The van der Waals surface area contributed by atoms with E-state index in [0.29, 0.717) is 4.88 Å². The number of carboxylic acid groups (broad SMARTS) is 1. The predicted octanol–water partition coefficient (Wildman–Crippen LogP) is 3.20.